The number of aromatic nitrogens is 1. The maximum Gasteiger partial charge on any atom is 0.271 e. The Morgan fingerprint density at radius 3 is 2.56 bits per heavy atom. The Labute approximate surface area is 191 Å². The third-order valence-electron chi connectivity index (χ3n) is 8.43. The number of likely N-dealkylation sites (tertiary alicyclic amines) is 1. The van der Waals surface area contributed by atoms with E-state index in [0.29, 0.717) is 35.5 Å². The number of carbonyl (C=O) groups excluding carboxylic acids is 2. The van der Waals surface area contributed by atoms with E-state index >= 15 is 0 Å². The molecule has 2 aromatic rings. The van der Waals surface area contributed by atoms with Crippen molar-refractivity contribution in [1.82, 2.24) is 19.5 Å². The van der Waals surface area contributed by atoms with E-state index in [-0.39, 0.29) is 11.9 Å². The summed E-state index contributed by atoms with van der Waals surface area (Å²) in [5, 5.41) is 4.23. The Kier molecular flexibility index (Phi) is 4.31. The normalized spacial score (nSPS) is 33.3. The Hall–Kier alpha value is -2.19. The summed E-state index contributed by atoms with van der Waals surface area (Å²) in [6.45, 7) is 5.09. The van der Waals surface area contributed by atoms with Crippen molar-refractivity contribution in [3.63, 3.8) is 0 Å². The topological polar surface area (TPSA) is 68.8 Å². The van der Waals surface area contributed by atoms with Crippen LogP contribution in [0.1, 0.15) is 42.6 Å². The van der Waals surface area contributed by atoms with Gasteiger partial charge in [-0.15, -0.1) is 0 Å². The number of anilines is 1. The summed E-state index contributed by atoms with van der Waals surface area (Å²) < 4.78 is 5.61. The van der Waals surface area contributed by atoms with Gasteiger partial charge in [-0.05, 0) is 80.8 Å². The van der Waals surface area contributed by atoms with Crippen molar-refractivity contribution in [3.8, 4) is 0 Å². The third-order valence-corrected chi connectivity index (χ3v) is 9.23. The average Bonchev–Trinajstić information content (AvgIpc) is 3.27. The van der Waals surface area contributed by atoms with Crippen molar-refractivity contribution in [2.45, 2.75) is 50.2 Å². The number of fused-ring (bicyclic) bond motifs is 6. The Morgan fingerprint density at radius 2 is 1.88 bits per heavy atom. The smallest absolute Gasteiger partial charge is 0.271 e. The molecule has 0 radical (unpaired) electrons. The number of nitrogens with one attached hydrogen (secondary N) is 1. The van der Waals surface area contributed by atoms with Gasteiger partial charge < -0.3 is 20.0 Å². The molecule has 6 aliphatic rings. The van der Waals surface area contributed by atoms with Crippen LogP contribution in [0.3, 0.4) is 0 Å². The number of piperazine rings is 1. The first-order chi connectivity index (χ1) is 15.6. The minimum Gasteiger partial charge on any atom is -0.365 e. The molecule has 1 N–H and O–H groups in total. The molecule has 32 heavy (non-hydrogen) atoms. The van der Waals surface area contributed by atoms with E-state index in [1.807, 2.05) is 0 Å². The molecule has 0 unspecified atom stereocenters. The van der Waals surface area contributed by atoms with Crippen molar-refractivity contribution in [1.29, 1.82) is 0 Å². The van der Waals surface area contributed by atoms with Gasteiger partial charge in [0, 0.05) is 48.7 Å². The van der Waals surface area contributed by atoms with Gasteiger partial charge in [0.25, 0.3) is 5.91 Å². The van der Waals surface area contributed by atoms with Crippen LogP contribution >= 0.6 is 11.5 Å². The van der Waals surface area contributed by atoms with Gasteiger partial charge in [-0.3, -0.25) is 9.59 Å². The Balaban J connectivity index is 1.07. The molecule has 1 aromatic carbocycles. The summed E-state index contributed by atoms with van der Waals surface area (Å²) in [6, 6.07) is 7.41. The summed E-state index contributed by atoms with van der Waals surface area (Å²) in [7, 11) is 0. The molecule has 6 heterocycles. The standard InChI is InChI=1S/C24H29N5O2S/c30-23(25-20-13-27-7-5-14(20)6-8-27)22-19-4-3-16(10-21(19)32-26-22)28-11-18-9-17(28)12-29(18)24(31)15-1-2-15/h3-4,10,14-15,17-18,20H,1-2,5-9,11-13H2,(H,25,30)/t17-,18-,20-/m0/s1. The van der Waals surface area contributed by atoms with Crippen LogP contribution in [0.4, 0.5) is 5.69 Å². The Morgan fingerprint density at radius 1 is 1.03 bits per heavy atom. The van der Waals surface area contributed by atoms with Crippen LogP contribution in [-0.4, -0.2) is 76.8 Å². The second-order valence-corrected chi connectivity index (χ2v) is 11.2. The molecular weight excluding hydrogens is 422 g/mol. The number of rotatable bonds is 4. The lowest BCUT2D eigenvalue weighted by atomic mass is 9.84. The molecule has 168 valence electrons. The number of nitrogens with zero attached hydrogens (tertiary/aromatic N) is 4. The summed E-state index contributed by atoms with van der Waals surface area (Å²) >= 11 is 1.42. The van der Waals surface area contributed by atoms with Gasteiger partial charge in [-0.2, -0.15) is 4.37 Å². The molecule has 1 saturated carbocycles. The van der Waals surface area contributed by atoms with Gasteiger partial charge in [0.1, 0.15) is 5.69 Å². The lowest BCUT2D eigenvalue weighted by Gasteiger charge is -2.44. The number of benzene rings is 1. The lowest BCUT2D eigenvalue weighted by Crippen LogP contribution is -2.57. The highest BCUT2D eigenvalue weighted by atomic mass is 32.1. The Bertz CT molecular complexity index is 1090. The van der Waals surface area contributed by atoms with Crippen LogP contribution in [0.5, 0.6) is 0 Å². The van der Waals surface area contributed by atoms with Gasteiger partial charge in [0.15, 0.2) is 0 Å². The molecule has 5 saturated heterocycles. The van der Waals surface area contributed by atoms with Crippen LogP contribution in [0, 0.1) is 11.8 Å². The average molecular weight is 452 g/mol. The van der Waals surface area contributed by atoms with Crippen molar-refractivity contribution in [3.05, 3.63) is 23.9 Å². The number of hydrogen-bond donors (Lipinski definition) is 1. The number of hydrogen-bond acceptors (Lipinski definition) is 6. The molecule has 5 aliphatic heterocycles. The fourth-order valence-corrected chi connectivity index (χ4v) is 7.26. The fraction of sp³-hybridized carbons (Fsp3) is 0.625. The van der Waals surface area contributed by atoms with Crippen LogP contribution < -0.4 is 10.2 Å². The van der Waals surface area contributed by atoms with Crippen molar-refractivity contribution >= 4 is 39.1 Å². The molecule has 0 spiro atoms. The van der Waals surface area contributed by atoms with Gasteiger partial charge in [0.2, 0.25) is 5.91 Å². The van der Waals surface area contributed by atoms with E-state index in [1.54, 1.807) is 0 Å². The fourth-order valence-electron chi connectivity index (χ4n) is 6.45. The summed E-state index contributed by atoms with van der Waals surface area (Å²) in [5.41, 5.74) is 1.76. The maximum atomic E-state index is 13.0. The van der Waals surface area contributed by atoms with Crippen LogP contribution in [-0.2, 0) is 4.79 Å². The summed E-state index contributed by atoms with van der Waals surface area (Å²) in [6.07, 6.45) is 5.61. The van der Waals surface area contributed by atoms with Gasteiger partial charge in [0.05, 0.1) is 10.7 Å². The van der Waals surface area contributed by atoms with E-state index in [9.17, 15) is 9.59 Å². The molecule has 4 bridgehead atoms. The largest absolute Gasteiger partial charge is 0.365 e. The van der Waals surface area contributed by atoms with Crippen LogP contribution in [0.2, 0.25) is 0 Å². The highest BCUT2D eigenvalue weighted by Crippen LogP contribution is 2.40. The second-order valence-electron chi connectivity index (χ2n) is 10.4. The molecule has 3 atom stereocenters. The molecule has 8 heteroatoms. The van der Waals surface area contributed by atoms with E-state index in [4.69, 9.17) is 0 Å². The number of carbonyl (C=O) groups is 2. The van der Waals surface area contributed by atoms with E-state index in [0.717, 1.165) is 49.0 Å². The molecule has 1 aliphatic carbocycles. The van der Waals surface area contributed by atoms with Crippen LogP contribution in [0.15, 0.2) is 18.2 Å². The molecule has 1 aromatic heterocycles. The van der Waals surface area contributed by atoms with Gasteiger partial charge >= 0.3 is 0 Å². The minimum atomic E-state index is -0.0304. The highest BCUT2D eigenvalue weighted by molar-refractivity contribution is 7.13. The first kappa shape index (κ1) is 19.3. The number of piperidine rings is 3. The quantitative estimate of drug-likeness (QED) is 0.773. The third kappa shape index (κ3) is 3.06. The van der Waals surface area contributed by atoms with E-state index in [2.05, 4.69) is 42.6 Å². The first-order valence-electron chi connectivity index (χ1n) is 12.1. The first-order valence-corrected chi connectivity index (χ1v) is 12.9. The monoisotopic (exact) mass is 451 g/mol. The van der Waals surface area contributed by atoms with Crippen molar-refractivity contribution < 1.29 is 9.59 Å². The number of amides is 2. The molecule has 6 fully saturated rings. The van der Waals surface area contributed by atoms with Crippen LogP contribution in [0.25, 0.3) is 10.1 Å². The van der Waals surface area contributed by atoms with Crippen molar-refractivity contribution in [2.75, 3.05) is 37.6 Å². The van der Waals surface area contributed by atoms with Crippen molar-refractivity contribution in [2.24, 2.45) is 11.8 Å². The molecular formula is C24H29N5O2S. The molecule has 8 rings (SSSR count). The maximum absolute atomic E-state index is 13.0. The van der Waals surface area contributed by atoms with Gasteiger partial charge in [-0.1, -0.05) is 0 Å². The molecule has 7 nitrogen and oxygen atoms in total. The zero-order valence-corrected chi connectivity index (χ0v) is 19.0. The summed E-state index contributed by atoms with van der Waals surface area (Å²) in [5.74, 6) is 1.27. The van der Waals surface area contributed by atoms with E-state index in [1.165, 1.54) is 43.2 Å². The predicted octanol–water partition coefficient (Wildman–Crippen LogP) is 2.32. The minimum absolute atomic E-state index is 0.0304. The summed E-state index contributed by atoms with van der Waals surface area (Å²) in [4.78, 5) is 32.6. The SMILES string of the molecule is O=C(N[C@H]1CN2CCC1CC2)c1nsc2cc(N3C[C@@H]4C[C@H]3CN4C(=O)C3CC3)ccc12. The van der Waals surface area contributed by atoms with Gasteiger partial charge in [-0.25, -0.2) is 0 Å². The van der Waals surface area contributed by atoms with E-state index < -0.39 is 0 Å². The second kappa shape index (κ2) is 7.15. The zero-order valence-electron chi connectivity index (χ0n) is 18.2. The zero-order chi connectivity index (χ0) is 21.4. The lowest BCUT2D eigenvalue weighted by molar-refractivity contribution is -0.133. The predicted molar refractivity (Wildman–Crippen MR) is 124 cm³/mol. The molecule has 2 amide bonds. The highest BCUT2D eigenvalue weighted by Gasteiger charge is 2.48.